The second kappa shape index (κ2) is 10.1. The van der Waals surface area contributed by atoms with Crippen molar-refractivity contribution < 1.29 is 9.53 Å². The largest absolute Gasteiger partial charge is 0.384 e. The molecule has 6 nitrogen and oxygen atoms in total. The summed E-state index contributed by atoms with van der Waals surface area (Å²) in [6.45, 7) is 4.35. The molecule has 0 unspecified atom stereocenters. The van der Waals surface area contributed by atoms with Gasteiger partial charge < -0.3 is 20.3 Å². The molecule has 1 aromatic heterocycles. The molecule has 4 rings (SSSR count). The van der Waals surface area contributed by atoms with Crippen LogP contribution in [0.4, 0.5) is 10.8 Å². The average Bonchev–Trinajstić information content (AvgIpc) is 3.32. The number of methoxy groups -OCH3 is 1. The third kappa shape index (κ3) is 4.71. The number of hydrogen-bond donors (Lipinski definition) is 2. The summed E-state index contributed by atoms with van der Waals surface area (Å²) in [4.78, 5) is 20.1. The van der Waals surface area contributed by atoms with Crippen molar-refractivity contribution in [3.63, 3.8) is 0 Å². The van der Waals surface area contributed by atoms with Crippen molar-refractivity contribution in [3.05, 3.63) is 18.2 Å². The summed E-state index contributed by atoms with van der Waals surface area (Å²) < 4.78 is 6.49. The number of benzene rings is 1. The van der Waals surface area contributed by atoms with Crippen LogP contribution in [0, 0.1) is 5.41 Å². The van der Waals surface area contributed by atoms with E-state index in [2.05, 4.69) is 15.5 Å². The zero-order valence-electron chi connectivity index (χ0n) is 16.0. The lowest BCUT2D eigenvalue weighted by Gasteiger charge is -2.35. The van der Waals surface area contributed by atoms with Gasteiger partial charge in [-0.3, -0.25) is 4.79 Å². The van der Waals surface area contributed by atoms with Crippen molar-refractivity contribution >= 4 is 63.1 Å². The van der Waals surface area contributed by atoms with E-state index in [0.29, 0.717) is 6.61 Å². The Hall–Kier alpha value is -1.12. The maximum atomic E-state index is 13.0. The minimum Gasteiger partial charge on any atom is -0.384 e. The Morgan fingerprint density at radius 2 is 2.00 bits per heavy atom. The maximum Gasteiger partial charge on any atom is 0.233 e. The predicted molar refractivity (Wildman–Crippen MR) is 121 cm³/mol. The summed E-state index contributed by atoms with van der Waals surface area (Å²) in [7, 11) is 1.67. The van der Waals surface area contributed by atoms with E-state index in [1.54, 1.807) is 18.4 Å². The van der Waals surface area contributed by atoms with E-state index in [-0.39, 0.29) is 30.7 Å². The fraction of sp³-hybridized carbons (Fsp3) is 0.579. The first-order chi connectivity index (χ1) is 12.7. The third-order valence-electron chi connectivity index (χ3n) is 5.47. The van der Waals surface area contributed by atoms with E-state index < -0.39 is 5.41 Å². The van der Waals surface area contributed by atoms with Crippen LogP contribution in [-0.2, 0) is 9.53 Å². The number of anilines is 2. The van der Waals surface area contributed by atoms with Crippen molar-refractivity contribution in [1.29, 1.82) is 0 Å². The van der Waals surface area contributed by atoms with E-state index in [1.165, 1.54) is 12.8 Å². The molecule has 3 heterocycles. The second-order valence-corrected chi connectivity index (χ2v) is 8.30. The smallest absolute Gasteiger partial charge is 0.233 e. The molecule has 1 amide bonds. The topological polar surface area (TPSA) is 66.5 Å². The first kappa shape index (κ1) is 23.2. The molecule has 2 aliphatic heterocycles. The summed E-state index contributed by atoms with van der Waals surface area (Å²) in [5.74, 6) is 0.0597. The minimum atomic E-state index is -0.441. The number of carbonyl (C=O) groups excluding carboxylic acids is 1. The molecule has 0 bridgehead atoms. The van der Waals surface area contributed by atoms with E-state index >= 15 is 0 Å². The first-order valence-electron chi connectivity index (χ1n) is 9.37. The van der Waals surface area contributed by atoms with Gasteiger partial charge in [0.05, 0.1) is 22.2 Å². The Morgan fingerprint density at radius 3 is 2.68 bits per heavy atom. The Kier molecular flexibility index (Phi) is 8.33. The average molecular weight is 447 g/mol. The Morgan fingerprint density at radius 1 is 1.29 bits per heavy atom. The Labute approximate surface area is 182 Å². The molecule has 0 atom stereocenters. The molecule has 2 N–H and O–H groups in total. The van der Waals surface area contributed by atoms with Crippen LogP contribution in [0.15, 0.2) is 18.2 Å². The number of carbonyl (C=O) groups is 1. The number of amides is 1. The van der Waals surface area contributed by atoms with Crippen LogP contribution in [0.5, 0.6) is 0 Å². The highest BCUT2D eigenvalue weighted by atomic mass is 35.5. The second-order valence-electron chi connectivity index (χ2n) is 7.29. The SMILES string of the molecule is COCC1(C(=O)Nc2ccc3nc(N4CCCC4)sc3c2)CCNCC1.Cl.Cl. The van der Waals surface area contributed by atoms with Crippen molar-refractivity contribution in [2.24, 2.45) is 5.41 Å². The molecule has 0 radical (unpaired) electrons. The van der Waals surface area contributed by atoms with Gasteiger partial charge in [0, 0.05) is 25.9 Å². The standard InChI is InChI=1S/C19H26N4O2S.2ClH/c1-25-13-19(6-8-20-9-7-19)17(24)21-14-4-5-15-16(12-14)26-18(22-15)23-10-2-3-11-23;;/h4-5,12,20H,2-3,6-11,13H2,1H3,(H,21,24);2*1H. The van der Waals surface area contributed by atoms with Crippen molar-refractivity contribution in [2.45, 2.75) is 25.7 Å². The number of nitrogens with zero attached hydrogens (tertiary/aromatic N) is 2. The van der Waals surface area contributed by atoms with Crippen LogP contribution in [-0.4, -0.2) is 50.8 Å². The van der Waals surface area contributed by atoms with Gasteiger partial charge >= 0.3 is 0 Å². The lowest BCUT2D eigenvalue weighted by atomic mass is 9.78. The lowest BCUT2D eigenvalue weighted by molar-refractivity contribution is -0.130. The van der Waals surface area contributed by atoms with E-state index in [4.69, 9.17) is 9.72 Å². The number of rotatable bonds is 5. The molecule has 28 heavy (non-hydrogen) atoms. The number of aromatic nitrogens is 1. The Balaban J connectivity index is 0.00000140. The molecule has 0 aliphatic carbocycles. The molecule has 2 aliphatic rings. The molecular weight excluding hydrogens is 419 g/mol. The summed E-state index contributed by atoms with van der Waals surface area (Å²) in [6.07, 6.45) is 4.09. The zero-order chi connectivity index (χ0) is 18.0. The molecule has 2 aromatic rings. The van der Waals surface area contributed by atoms with Gasteiger partial charge in [0.2, 0.25) is 5.91 Å². The van der Waals surface area contributed by atoms with Crippen molar-refractivity contribution in [3.8, 4) is 0 Å². The van der Waals surface area contributed by atoms with Crippen LogP contribution in [0.1, 0.15) is 25.7 Å². The fourth-order valence-corrected chi connectivity index (χ4v) is 4.97. The highest BCUT2D eigenvalue weighted by Gasteiger charge is 2.39. The number of thiazole rings is 1. The van der Waals surface area contributed by atoms with Gasteiger partial charge in [0.1, 0.15) is 0 Å². The van der Waals surface area contributed by atoms with Gasteiger partial charge in [0.25, 0.3) is 0 Å². The Bertz CT molecular complexity index is 784. The summed E-state index contributed by atoms with van der Waals surface area (Å²) >= 11 is 1.71. The molecule has 0 saturated carbocycles. The first-order valence-corrected chi connectivity index (χ1v) is 10.2. The fourth-order valence-electron chi connectivity index (χ4n) is 3.92. The monoisotopic (exact) mass is 446 g/mol. The van der Waals surface area contributed by atoms with Crippen molar-refractivity contribution in [2.75, 3.05) is 50.1 Å². The van der Waals surface area contributed by atoms with Gasteiger partial charge in [-0.15, -0.1) is 24.8 Å². The van der Waals surface area contributed by atoms with Crippen LogP contribution in [0.25, 0.3) is 10.2 Å². The molecular formula is C19H28Cl2N4O2S. The molecule has 1 aromatic carbocycles. The minimum absolute atomic E-state index is 0. The number of fused-ring (bicyclic) bond motifs is 1. The highest BCUT2D eigenvalue weighted by Crippen LogP contribution is 2.34. The van der Waals surface area contributed by atoms with Gasteiger partial charge in [0.15, 0.2) is 5.13 Å². The molecule has 0 spiro atoms. The number of ether oxygens (including phenoxy) is 1. The normalized spacial score (nSPS) is 18.4. The van der Waals surface area contributed by atoms with Gasteiger partial charge in [-0.05, 0) is 57.0 Å². The number of nitrogens with one attached hydrogen (secondary N) is 2. The van der Waals surface area contributed by atoms with Crippen molar-refractivity contribution in [1.82, 2.24) is 10.3 Å². The summed E-state index contributed by atoms with van der Waals surface area (Å²) in [6, 6.07) is 6.01. The molecule has 2 fully saturated rings. The molecule has 2 saturated heterocycles. The predicted octanol–water partition coefficient (Wildman–Crippen LogP) is 3.69. The number of hydrogen-bond acceptors (Lipinski definition) is 6. The third-order valence-corrected chi connectivity index (χ3v) is 6.55. The van der Waals surface area contributed by atoms with Crippen LogP contribution in [0.3, 0.4) is 0 Å². The maximum absolute atomic E-state index is 13.0. The van der Waals surface area contributed by atoms with Gasteiger partial charge in [-0.25, -0.2) is 4.98 Å². The van der Waals surface area contributed by atoms with E-state index in [9.17, 15) is 4.79 Å². The summed E-state index contributed by atoms with van der Waals surface area (Å²) in [5.41, 5.74) is 1.40. The quantitative estimate of drug-likeness (QED) is 0.732. The van der Waals surface area contributed by atoms with E-state index in [1.807, 2.05) is 18.2 Å². The number of piperidine rings is 1. The van der Waals surface area contributed by atoms with Gasteiger partial charge in [-0.1, -0.05) is 11.3 Å². The summed E-state index contributed by atoms with van der Waals surface area (Å²) in [5, 5.41) is 7.54. The highest BCUT2D eigenvalue weighted by molar-refractivity contribution is 7.22. The van der Waals surface area contributed by atoms with Crippen LogP contribution < -0.4 is 15.5 Å². The van der Waals surface area contributed by atoms with E-state index in [0.717, 1.165) is 60.1 Å². The van der Waals surface area contributed by atoms with Crippen LogP contribution in [0.2, 0.25) is 0 Å². The van der Waals surface area contributed by atoms with Gasteiger partial charge in [-0.2, -0.15) is 0 Å². The zero-order valence-corrected chi connectivity index (χ0v) is 18.5. The molecule has 156 valence electrons. The molecule has 9 heteroatoms. The van der Waals surface area contributed by atoms with Crippen LogP contribution >= 0.6 is 36.2 Å². The number of halogens is 2. The lowest BCUT2D eigenvalue weighted by Crippen LogP contribution is -2.47.